The van der Waals surface area contributed by atoms with E-state index in [1.54, 1.807) is 11.4 Å². The smallest absolute Gasteiger partial charge is 0.340 e. The number of hydrogen-bond acceptors (Lipinski definition) is 6. The van der Waals surface area contributed by atoms with Crippen LogP contribution in [0.4, 0.5) is 8.78 Å². The first-order valence-electron chi connectivity index (χ1n) is 7.92. The number of halogens is 3. The molecule has 146 valence electrons. The van der Waals surface area contributed by atoms with Crippen LogP contribution in [-0.2, 0) is 11.3 Å². The molecule has 0 saturated heterocycles. The largest absolute Gasteiger partial charge is 0.493 e. The first-order chi connectivity index (χ1) is 13.4. The van der Waals surface area contributed by atoms with E-state index in [2.05, 4.69) is 4.98 Å². The number of esters is 1. The molecule has 1 aromatic heterocycles. The molecule has 0 aliphatic carbocycles. The molecular weight excluding hydrogens is 412 g/mol. The van der Waals surface area contributed by atoms with Gasteiger partial charge < -0.3 is 14.2 Å². The molecule has 0 spiro atoms. The van der Waals surface area contributed by atoms with Gasteiger partial charge in [0.1, 0.15) is 11.6 Å². The minimum Gasteiger partial charge on any atom is -0.493 e. The second kappa shape index (κ2) is 8.53. The van der Waals surface area contributed by atoms with Crippen LogP contribution in [-0.4, -0.2) is 25.2 Å². The van der Waals surface area contributed by atoms with E-state index in [0.717, 1.165) is 11.6 Å². The van der Waals surface area contributed by atoms with E-state index in [-0.39, 0.29) is 17.2 Å². The van der Waals surface area contributed by atoms with Crippen molar-refractivity contribution in [2.75, 3.05) is 14.2 Å². The van der Waals surface area contributed by atoms with Gasteiger partial charge in [0.05, 0.1) is 36.1 Å². The Balaban J connectivity index is 1.76. The molecule has 9 heteroatoms. The SMILES string of the molecule is COc1cccc(-c2nc(COC(=O)c3cc(F)c(F)cc3Cl)cs2)c1OC. The van der Waals surface area contributed by atoms with Gasteiger partial charge in [-0.15, -0.1) is 11.3 Å². The fourth-order valence-corrected chi connectivity index (χ4v) is 3.50. The Kier molecular flexibility index (Phi) is 6.11. The standard InChI is InChI=1S/C19H14ClF2NO4S/c1-25-16-5-3-4-11(17(16)26-2)18-23-10(9-28-18)8-27-19(24)12-6-14(21)15(22)7-13(12)20/h3-7,9H,8H2,1-2H3. The van der Waals surface area contributed by atoms with Gasteiger partial charge in [-0.1, -0.05) is 17.7 Å². The van der Waals surface area contributed by atoms with E-state index in [0.29, 0.717) is 28.3 Å². The highest BCUT2D eigenvalue weighted by Crippen LogP contribution is 2.39. The first-order valence-corrected chi connectivity index (χ1v) is 9.17. The Labute approximate surface area is 168 Å². The number of rotatable bonds is 6. The number of aromatic nitrogens is 1. The summed E-state index contributed by atoms with van der Waals surface area (Å²) in [5, 5.41) is 2.13. The Morgan fingerprint density at radius 1 is 1.18 bits per heavy atom. The molecule has 0 fully saturated rings. The third kappa shape index (κ3) is 4.07. The summed E-state index contributed by atoms with van der Waals surface area (Å²) in [4.78, 5) is 16.5. The van der Waals surface area contributed by atoms with Crippen molar-refractivity contribution in [1.29, 1.82) is 0 Å². The first kappa shape index (κ1) is 20.0. The summed E-state index contributed by atoms with van der Waals surface area (Å²) in [6.45, 7) is -0.156. The lowest BCUT2D eigenvalue weighted by Gasteiger charge is -2.10. The number of thiazole rings is 1. The number of carbonyl (C=O) groups excluding carboxylic acids is 1. The van der Waals surface area contributed by atoms with Crippen LogP contribution in [0.3, 0.4) is 0 Å². The number of benzene rings is 2. The molecule has 0 atom stereocenters. The predicted octanol–water partition coefficient (Wildman–Crippen LogP) is 5.12. The van der Waals surface area contributed by atoms with Crippen molar-refractivity contribution in [3.63, 3.8) is 0 Å². The van der Waals surface area contributed by atoms with E-state index >= 15 is 0 Å². The van der Waals surface area contributed by atoms with Gasteiger partial charge in [0.2, 0.25) is 0 Å². The summed E-state index contributed by atoms with van der Waals surface area (Å²) >= 11 is 7.11. The van der Waals surface area contributed by atoms with E-state index in [1.807, 2.05) is 12.1 Å². The number of carbonyl (C=O) groups is 1. The van der Waals surface area contributed by atoms with Crippen molar-refractivity contribution in [2.24, 2.45) is 0 Å². The lowest BCUT2D eigenvalue weighted by Crippen LogP contribution is -2.07. The highest BCUT2D eigenvalue weighted by atomic mass is 35.5. The summed E-state index contributed by atoms with van der Waals surface area (Å²) in [7, 11) is 3.07. The van der Waals surface area contributed by atoms with Crippen molar-refractivity contribution in [3.05, 3.63) is 63.6 Å². The third-order valence-electron chi connectivity index (χ3n) is 3.77. The molecule has 0 aliphatic rings. The van der Waals surface area contributed by atoms with Gasteiger partial charge in [-0.25, -0.2) is 18.6 Å². The van der Waals surface area contributed by atoms with E-state index in [9.17, 15) is 13.6 Å². The lowest BCUT2D eigenvalue weighted by molar-refractivity contribution is 0.0468. The second-order valence-electron chi connectivity index (χ2n) is 5.51. The van der Waals surface area contributed by atoms with Gasteiger partial charge in [0.15, 0.2) is 23.1 Å². The van der Waals surface area contributed by atoms with Gasteiger partial charge in [0.25, 0.3) is 0 Å². The fraction of sp³-hybridized carbons (Fsp3) is 0.158. The number of hydrogen-bond donors (Lipinski definition) is 0. The third-order valence-corrected chi connectivity index (χ3v) is 5.00. The molecule has 3 rings (SSSR count). The number of methoxy groups -OCH3 is 2. The molecule has 0 amide bonds. The van der Waals surface area contributed by atoms with Crippen molar-refractivity contribution in [3.8, 4) is 22.1 Å². The van der Waals surface area contributed by atoms with Crippen LogP contribution in [0.25, 0.3) is 10.6 Å². The van der Waals surface area contributed by atoms with E-state index in [1.165, 1.54) is 25.6 Å². The average Bonchev–Trinajstić information content (AvgIpc) is 3.17. The van der Waals surface area contributed by atoms with Gasteiger partial charge in [-0.05, 0) is 24.3 Å². The predicted molar refractivity (Wildman–Crippen MR) is 101 cm³/mol. The molecule has 28 heavy (non-hydrogen) atoms. The topological polar surface area (TPSA) is 57.7 Å². The summed E-state index contributed by atoms with van der Waals surface area (Å²) in [6, 6.07) is 6.83. The van der Waals surface area contributed by atoms with Crippen LogP contribution in [0.5, 0.6) is 11.5 Å². The zero-order valence-corrected chi connectivity index (χ0v) is 16.4. The Bertz CT molecular complexity index is 1030. The van der Waals surface area contributed by atoms with Gasteiger partial charge >= 0.3 is 5.97 Å². The van der Waals surface area contributed by atoms with Gasteiger partial charge in [0, 0.05) is 5.38 Å². The van der Waals surface area contributed by atoms with Crippen LogP contribution in [0.1, 0.15) is 16.1 Å². The van der Waals surface area contributed by atoms with Crippen LogP contribution in [0.2, 0.25) is 5.02 Å². The molecule has 0 unspecified atom stereocenters. The Hall–Kier alpha value is -2.71. The van der Waals surface area contributed by atoms with Crippen LogP contribution in [0, 0.1) is 11.6 Å². The molecule has 3 aromatic rings. The van der Waals surface area contributed by atoms with Crippen molar-refractivity contribution in [2.45, 2.75) is 6.61 Å². The molecule has 2 aromatic carbocycles. The maximum atomic E-state index is 13.3. The minimum absolute atomic E-state index is 0.156. The van der Waals surface area contributed by atoms with Crippen molar-refractivity contribution < 1.29 is 27.8 Å². The summed E-state index contributed by atoms with van der Waals surface area (Å²) in [6.07, 6.45) is 0. The monoisotopic (exact) mass is 425 g/mol. The summed E-state index contributed by atoms with van der Waals surface area (Å²) in [5.74, 6) is -2.10. The van der Waals surface area contributed by atoms with E-state index in [4.69, 9.17) is 25.8 Å². The van der Waals surface area contributed by atoms with Crippen LogP contribution >= 0.6 is 22.9 Å². The highest BCUT2D eigenvalue weighted by Gasteiger charge is 2.18. The van der Waals surface area contributed by atoms with Crippen molar-refractivity contribution >= 4 is 28.9 Å². The molecule has 0 bridgehead atoms. The number of nitrogens with zero attached hydrogens (tertiary/aromatic N) is 1. The normalized spacial score (nSPS) is 10.6. The fourth-order valence-electron chi connectivity index (χ4n) is 2.45. The lowest BCUT2D eigenvalue weighted by atomic mass is 10.2. The van der Waals surface area contributed by atoms with Gasteiger partial charge in [-0.3, -0.25) is 0 Å². The number of ether oxygens (including phenoxy) is 3. The summed E-state index contributed by atoms with van der Waals surface area (Å²) < 4.78 is 42.2. The molecule has 0 saturated carbocycles. The number of para-hydroxylation sites is 1. The minimum atomic E-state index is -1.18. The van der Waals surface area contributed by atoms with Crippen LogP contribution < -0.4 is 9.47 Å². The van der Waals surface area contributed by atoms with Crippen LogP contribution in [0.15, 0.2) is 35.7 Å². The molecule has 0 aliphatic heterocycles. The molecule has 0 radical (unpaired) electrons. The molecule has 1 heterocycles. The van der Waals surface area contributed by atoms with Gasteiger partial charge in [-0.2, -0.15) is 0 Å². The molecule has 0 N–H and O–H groups in total. The zero-order chi connectivity index (χ0) is 20.3. The van der Waals surface area contributed by atoms with E-state index < -0.39 is 17.6 Å². The quantitative estimate of drug-likeness (QED) is 0.405. The molecular formula is C19H14ClF2NO4S. The maximum absolute atomic E-state index is 13.3. The summed E-state index contributed by atoms with van der Waals surface area (Å²) in [5.41, 5.74) is 0.954. The molecule has 5 nitrogen and oxygen atoms in total. The Morgan fingerprint density at radius 2 is 1.93 bits per heavy atom. The highest BCUT2D eigenvalue weighted by molar-refractivity contribution is 7.13. The average molecular weight is 426 g/mol. The Morgan fingerprint density at radius 3 is 2.64 bits per heavy atom. The maximum Gasteiger partial charge on any atom is 0.340 e. The zero-order valence-electron chi connectivity index (χ0n) is 14.8. The second-order valence-corrected chi connectivity index (χ2v) is 6.77. The van der Waals surface area contributed by atoms with Crippen molar-refractivity contribution in [1.82, 2.24) is 4.98 Å².